The number of rotatable bonds is 9. The Morgan fingerprint density at radius 3 is 2.21 bits per heavy atom. The first-order chi connectivity index (χ1) is 15.9. The van der Waals surface area contributed by atoms with Gasteiger partial charge in [0.15, 0.2) is 11.5 Å². The molecule has 0 spiro atoms. The van der Waals surface area contributed by atoms with E-state index in [0.29, 0.717) is 28.5 Å². The fraction of sp³-hybridized carbons (Fsp3) is 0.240. The Morgan fingerprint density at radius 1 is 0.970 bits per heavy atom. The van der Waals surface area contributed by atoms with Gasteiger partial charge in [-0.2, -0.15) is 0 Å². The molecule has 0 aliphatic carbocycles. The van der Waals surface area contributed by atoms with Crippen molar-refractivity contribution in [2.24, 2.45) is 0 Å². The van der Waals surface area contributed by atoms with Gasteiger partial charge in [-0.05, 0) is 42.3 Å². The number of hydrogen-bond acceptors (Lipinski definition) is 6. The number of methoxy groups -OCH3 is 3. The van der Waals surface area contributed by atoms with Crippen molar-refractivity contribution >= 4 is 11.9 Å². The molecular weight excluding hydrogens is 424 g/mol. The van der Waals surface area contributed by atoms with E-state index in [1.54, 1.807) is 30.3 Å². The minimum absolute atomic E-state index is 0.158. The summed E-state index contributed by atoms with van der Waals surface area (Å²) < 4.78 is 16.2. The van der Waals surface area contributed by atoms with Gasteiger partial charge in [-0.25, -0.2) is 4.98 Å². The van der Waals surface area contributed by atoms with Gasteiger partial charge >= 0.3 is 5.97 Å². The normalized spacial score (nSPS) is 11.4. The Balaban J connectivity index is 1.93. The quantitative estimate of drug-likeness (QED) is 0.507. The van der Waals surface area contributed by atoms with Crippen LogP contribution in [0.3, 0.4) is 0 Å². The molecule has 0 fully saturated rings. The predicted molar refractivity (Wildman–Crippen MR) is 123 cm³/mol. The summed E-state index contributed by atoms with van der Waals surface area (Å²) in [4.78, 5) is 28.9. The van der Waals surface area contributed by atoms with E-state index >= 15 is 0 Å². The molecule has 2 N–H and O–H groups in total. The first-order valence-electron chi connectivity index (χ1n) is 10.2. The molecule has 8 nitrogen and oxygen atoms in total. The first kappa shape index (κ1) is 23.6. The number of aryl methyl sites for hydroxylation is 1. The fourth-order valence-corrected chi connectivity index (χ4v) is 3.57. The van der Waals surface area contributed by atoms with E-state index in [0.717, 1.165) is 11.1 Å². The molecule has 3 rings (SSSR count). The number of benzene rings is 2. The first-order valence-corrected chi connectivity index (χ1v) is 10.2. The van der Waals surface area contributed by atoms with Crippen LogP contribution in [-0.4, -0.2) is 43.3 Å². The van der Waals surface area contributed by atoms with Gasteiger partial charge in [-0.1, -0.05) is 30.3 Å². The van der Waals surface area contributed by atoms with Crippen molar-refractivity contribution in [2.75, 3.05) is 21.3 Å². The number of amides is 1. The number of nitrogens with one attached hydrogen (secondary N) is 1. The summed E-state index contributed by atoms with van der Waals surface area (Å²) in [6, 6.07) is 15.2. The van der Waals surface area contributed by atoms with Gasteiger partial charge in [-0.3, -0.25) is 9.59 Å². The SMILES string of the molecule is COc1cc(-c2cccc(C(=O)N[C@@H](CC(=O)O)c3ccccc3C)n2)cc(OC)c1OC. The van der Waals surface area contributed by atoms with Crippen LogP contribution in [-0.2, 0) is 4.79 Å². The second-order valence-electron chi connectivity index (χ2n) is 7.30. The van der Waals surface area contributed by atoms with E-state index in [1.165, 1.54) is 21.3 Å². The van der Waals surface area contributed by atoms with E-state index in [-0.39, 0.29) is 12.1 Å². The number of hydrogen-bond donors (Lipinski definition) is 2. The van der Waals surface area contributed by atoms with Gasteiger partial charge in [0.25, 0.3) is 5.91 Å². The zero-order chi connectivity index (χ0) is 24.0. The molecule has 0 saturated heterocycles. The predicted octanol–water partition coefficient (Wildman–Crippen LogP) is 4.03. The number of carbonyl (C=O) groups excluding carboxylic acids is 1. The third-order valence-electron chi connectivity index (χ3n) is 5.19. The molecule has 0 radical (unpaired) electrons. The Bertz CT molecular complexity index is 1140. The van der Waals surface area contributed by atoms with Gasteiger partial charge in [0.2, 0.25) is 5.75 Å². The Morgan fingerprint density at radius 2 is 1.64 bits per heavy atom. The monoisotopic (exact) mass is 450 g/mol. The summed E-state index contributed by atoms with van der Waals surface area (Å²) in [6.45, 7) is 1.87. The number of carboxylic acids is 1. The maximum Gasteiger partial charge on any atom is 0.305 e. The van der Waals surface area contributed by atoms with Crippen LogP contribution >= 0.6 is 0 Å². The van der Waals surface area contributed by atoms with E-state index < -0.39 is 17.9 Å². The van der Waals surface area contributed by atoms with Crippen molar-refractivity contribution in [3.8, 4) is 28.5 Å². The minimum Gasteiger partial charge on any atom is -0.493 e. The zero-order valence-electron chi connectivity index (χ0n) is 18.9. The third kappa shape index (κ3) is 5.41. The average Bonchev–Trinajstić information content (AvgIpc) is 2.82. The molecule has 0 aliphatic heterocycles. The van der Waals surface area contributed by atoms with Crippen molar-refractivity contribution in [2.45, 2.75) is 19.4 Å². The highest BCUT2D eigenvalue weighted by atomic mass is 16.5. The van der Waals surface area contributed by atoms with Gasteiger partial charge in [-0.15, -0.1) is 0 Å². The van der Waals surface area contributed by atoms with Crippen molar-refractivity contribution in [1.82, 2.24) is 10.3 Å². The number of aliphatic carboxylic acids is 1. The summed E-state index contributed by atoms with van der Waals surface area (Å²) in [5.41, 5.74) is 2.98. The molecule has 3 aromatic rings. The summed E-state index contributed by atoms with van der Waals surface area (Å²) in [5.74, 6) is -0.108. The zero-order valence-corrected chi connectivity index (χ0v) is 18.9. The van der Waals surface area contributed by atoms with Crippen LogP contribution in [0.25, 0.3) is 11.3 Å². The number of pyridine rings is 1. The highest BCUT2D eigenvalue weighted by Crippen LogP contribution is 2.40. The van der Waals surface area contributed by atoms with Crippen LogP contribution in [0.15, 0.2) is 54.6 Å². The van der Waals surface area contributed by atoms with E-state index in [4.69, 9.17) is 14.2 Å². The largest absolute Gasteiger partial charge is 0.493 e. The molecule has 1 aromatic heterocycles. The van der Waals surface area contributed by atoms with Gasteiger partial charge in [0.1, 0.15) is 5.69 Å². The molecule has 0 bridgehead atoms. The Kier molecular flexibility index (Phi) is 7.50. The molecule has 1 atom stereocenters. The smallest absolute Gasteiger partial charge is 0.305 e. The van der Waals surface area contributed by atoms with Crippen LogP contribution in [0.1, 0.15) is 34.1 Å². The Hall–Kier alpha value is -4.07. The molecular formula is C25H26N2O6. The molecule has 0 saturated carbocycles. The average molecular weight is 450 g/mol. The summed E-state index contributed by atoms with van der Waals surface area (Å²) in [7, 11) is 4.56. The maximum absolute atomic E-state index is 13.0. The molecule has 0 unspecified atom stereocenters. The van der Waals surface area contributed by atoms with Gasteiger partial charge < -0.3 is 24.6 Å². The lowest BCUT2D eigenvalue weighted by Crippen LogP contribution is -2.31. The molecule has 1 amide bonds. The fourth-order valence-electron chi connectivity index (χ4n) is 3.57. The summed E-state index contributed by atoms with van der Waals surface area (Å²) >= 11 is 0. The highest BCUT2D eigenvalue weighted by molar-refractivity contribution is 5.93. The number of ether oxygens (including phenoxy) is 3. The standard InChI is InChI=1S/C25H26N2O6/c1-15-8-5-6-9-17(15)20(14-23(28)29)27-25(30)19-11-7-10-18(26-19)16-12-21(31-2)24(33-4)22(13-16)32-3/h5-13,20H,14H2,1-4H3,(H,27,30)(H,28,29)/t20-/m0/s1. The molecule has 172 valence electrons. The highest BCUT2D eigenvalue weighted by Gasteiger charge is 2.22. The van der Waals surface area contributed by atoms with Crippen LogP contribution in [0.2, 0.25) is 0 Å². The second-order valence-corrected chi connectivity index (χ2v) is 7.30. The maximum atomic E-state index is 13.0. The minimum atomic E-state index is -1.01. The van der Waals surface area contributed by atoms with E-state index in [1.807, 2.05) is 31.2 Å². The second kappa shape index (κ2) is 10.5. The molecule has 1 heterocycles. The lowest BCUT2D eigenvalue weighted by molar-refractivity contribution is -0.137. The lowest BCUT2D eigenvalue weighted by Gasteiger charge is -2.19. The van der Waals surface area contributed by atoms with E-state index in [9.17, 15) is 14.7 Å². The molecule has 8 heteroatoms. The number of carboxylic acid groups (broad SMARTS) is 1. The van der Waals surface area contributed by atoms with Crippen LogP contribution in [0.4, 0.5) is 0 Å². The van der Waals surface area contributed by atoms with Crippen LogP contribution in [0.5, 0.6) is 17.2 Å². The van der Waals surface area contributed by atoms with Crippen LogP contribution in [0, 0.1) is 6.92 Å². The van der Waals surface area contributed by atoms with Gasteiger partial charge in [0.05, 0.1) is 39.5 Å². The topological polar surface area (TPSA) is 107 Å². The summed E-state index contributed by atoms with van der Waals surface area (Å²) in [5, 5.41) is 12.2. The van der Waals surface area contributed by atoms with Crippen molar-refractivity contribution in [3.63, 3.8) is 0 Å². The lowest BCUT2D eigenvalue weighted by atomic mass is 9.98. The molecule has 2 aromatic carbocycles. The van der Waals surface area contributed by atoms with E-state index in [2.05, 4.69) is 10.3 Å². The molecule has 33 heavy (non-hydrogen) atoms. The third-order valence-corrected chi connectivity index (χ3v) is 5.19. The number of nitrogens with zero attached hydrogens (tertiary/aromatic N) is 1. The number of aromatic nitrogens is 1. The molecule has 0 aliphatic rings. The van der Waals surface area contributed by atoms with Crippen molar-refractivity contribution < 1.29 is 28.9 Å². The number of carbonyl (C=O) groups is 2. The summed E-state index contributed by atoms with van der Waals surface area (Å²) in [6.07, 6.45) is -0.247. The van der Waals surface area contributed by atoms with Crippen LogP contribution < -0.4 is 19.5 Å². The van der Waals surface area contributed by atoms with Crippen molar-refractivity contribution in [3.05, 3.63) is 71.4 Å². The van der Waals surface area contributed by atoms with Gasteiger partial charge in [0, 0.05) is 5.56 Å². The van der Waals surface area contributed by atoms with Crippen molar-refractivity contribution in [1.29, 1.82) is 0 Å². The Labute approximate surface area is 192 Å².